The number of nitrogens with one attached hydrogen (secondary N) is 1. The number of hydrogen-bond acceptors (Lipinski definition) is 9. The maximum atomic E-state index is 12.8. The van der Waals surface area contributed by atoms with Crippen molar-refractivity contribution in [1.29, 1.82) is 0 Å². The van der Waals surface area contributed by atoms with E-state index >= 15 is 0 Å². The maximum absolute atomic E-state index is 12.8. The first-order valence-electron chi connectivity index (χ1n) is 9.63. The summed E-state index contributed by atoms with van der Waals surface area (Å²) < 4.78 is 16.1. The molecule has 12 heteroatoms. The molecule has 2 heterocycles. The number of benzene rings is 2. The SMILES string of the molecule is COc1ccc([N+](=O)[O-])cc1C(=O)NCCN1C(=O)C(=Cc2ccc3c(c2)OCO3)SC1=S. The number of carbonyl (C=O) groups is 2. The molecule has 1 saturated heterocycles. The third-order valence-electron chi connectivity index (χ3n) is 4.83. The number of rotatable bonds is 7. The van der Waals surface area contributed by atoms with Gasteiger partial charge in [-0.1, -0.05) is 30.0 Å². The lowest BCUT2D eigenvalue weighted by Gasteiger charge is -2.15. The second-order valence-electron chi connectivity index (χ2n) is 6.84. The smallest absolute Gasteiger partial charge is 0.270 e. The van der Waals surface area contributed by atoms with Gasteiger partial charge in [-0.05, 0) is 29.8 Å². The van der Waals surface area contributed by atoms with E-state index in [1.807, 2.05) is 6.07 Å². The number of ether oxygens (including phenoxy) is 3. The number of nitrogens with zero attached hydrogens (tertiary/aromatic N) is 2. The molecule has 170 valence electrons. The lowest BCUT2D eigenvalue weighted by molar-refractivity contribution is -0.384. The monoisotopic (exact) mass is 487 g/mol. The number of nitro groups is 1. The van der Waals surface area contributed by atoms with Crippen molar-refractivity contribution in [3.63, 3.8) is 0 Å². The van der Waals surface area contributed by atoms with E-state index in [-0.39, 0.29) is 42.8 Å². The van der Waals surface area contributed by atoms with Crippen LogP contribution in [0.3, 0.4) is 0 Å². The molecular formula is C21H17N3O7S2. The van der Waals surface area contributed by atoms with Gasteiger partial charge in [-0.3, -0.25) is 24.6 Å². The standard InChI is InChI=1S/C21H17N3O7S2/c1-29-15-5-3-13(24(27)28)10-14(15)19(25)22-6-7-23-20(26)18(33-21(23)32)9-12-2-4-16-17(8-12)31-11-30-16/h2-5,8-10H,6-7,11H2,1H3,(H,22,25). The van der Waals surface area contributed by atoms with Gasteiger partial charge in [0, 0.05) is 25.2 Å². The molecule has 2 aliphatic heterocycles. The van der Waals surface area contributed by atoms with Crippen LogP contribution in [-0.2, 0) is 4.79 Å². The van der Waals surface area contributed by atoms with Crippen molar-refractivity contribution in [2.75, 3.05) is 27.0 Å². The Kier molecular flexibility index (Phi) is 6.47. The molecule has 2 amide bonds. The van der Waals surface area contributed by atoms with Crippen LogP contribution in [0.5, 0.6) is 17.2 Å². The molecule has 2 aliphatic rings. The van der Waals surface area contributed by atoms with Gasteiger partial charge in [0.15, 0.2) is 11.5 Å². The second kappa shape index (κ2) is 9.46. The van der Waals surface area contributed by atoms with Crippen molar-refractivity contribution >= 4 is 51.9 Å². The first kappa shape index (κ1) is 22.6. The van der Waals surface area contributed by atoms with Gasteiger partial charge in [0.05, 0.1) is 22.5 Å². The Morgan fingerprint density at radius 3 is 2.85 bits per heavy atom. The summed E-state index contributed by atoms with van der Waals surface area (Å²) in [6, 6.07) is 9.11. The van der Waals surface area contributed by atoms with Crippen LogP contribution in [-0.4, -0.2) is 53.0 Å². The van der Waals surface area contributed by atoms with Crippen molar-refractivity contribution < 1.29 is 28.7 Å². The topological polar surface area (TPSA) is 120 Å². The van der Waals surface area contributed by atoms with Crippen molar-refractivity contribution in [2.24, 2.45) is 0 Å². The zero-order valence-electron chi connectivity index (χ0n) is 17.2. The molecular weight excluding hydrogens is 470 g/mol. The van der Waals surface area contributed by atoms with Crippen LogP contribution in [0.1, 0.15) is 15.9 Å². The summed E-state index contributed by atoms with van der Waals surface area (Å²) in [5, 5.41) is 13.7. The quantitative estimate of drug-likeness (QED) is 0.272. The van der Waals surface area contributed by atoms with E-state index in [9.17, 15) is 19.7 Å². The van der Waals surface area contributed by atoms with Crippen LogP contribution in [0.2, 0.25) is 0 Å². The van der Waals surface area contributed by atoms with E-state index in [2.05, 4.69) is 5.32 Å². The highest BCUT2D eigenvalue weighted by Crippen LogP contribution is 2.36. The van der Waals surface area contributed by atoms with Crippen LogP contribution >= 0.6 is 24.0 Å². The van der Waals surface area contributed by atoms with Gasteiger partial charge in [-0.15, -0.1) is 0 Å². The summed E-state index contributed by atoms with van der Waals surface area (Å²) in [6.45, 7) is 0.398. The molecule has 1 fully saturated rings. The molecule has 0 unspecified atom stereocenters. The van der Waals surface area contributed by atoms with Gasteiger partial charge < -0.3 is 19.5 Å². The average molecular weight is 488 g/mol. The maximum Gasteiger partial charge on any atom is 0.270 e. The first-order chi connectivity index (χ1) is 15.9. The number of methoxy groups -OCH3 is 1. The van der Waals surface area contributed by atoms with Crippen molar-refractivity contribution in [3.05, 3.63) is 62.5 Å². The van der Waals surface area contributed by atoms with Gasteiger partial charge in [0.25, 0.3) is 17.5 Å². The summed E-state index contributed by atoms with van der Waals surface area (Å²) in [4.78, 5) is 37.6. The van der Waals surface area contributed by atoms with Gasteiger partial charge in [0.2, 0.25) is 6.79 Å². The van der Waals surface area contributed by atoms with E-state index in [0.717, 1.165) is 11.6 Å². The Bertz CT molecular complexity index is 1200. The fourth-order valence-electron chi connectivity index (χ4n) is 3.21. The first-order valence-corrected chi connectivity index (χ1v) is 10.9. The van der Waals surface area contributed by atoms with Gasteiger partial charge in [0.1, 0.15) is 10.1 Å². The molecule has 2 aromatic carbocycles. The molecule has 2 aromatic rings. The fraction of sp³-hybridized carbons (Fsp3) is 0.190. The van der Waals surface area contributed by atoms with E-state index in [0.29, 0.717) is 20.7 Å². The summed E-state index contributed by atoms with van der Waals surface area (Å²) in [5.41, 5.74) is 0.567. The fourth-order valence-corrected chi connectivity index (χ4v) is 4.52. The summed E-state index contributed by atoms with van der Waals surface area (Å²) in [7, 11) is 1.37. The zero-order valence-corrected chi connectivity index (χ0v) is 18.9. The van der Waals surface area contributed by atoms with Crippen molar-refractivity contribution in [1.82, 2.24) is 10.2 Å². The molecule has 0 bridgehead atoms. The number of amides is 2. The molecule has 10 nitrogen and oxygen atoms in total. The summed E-state index contributed by atoms with van der Waals surface area (Å²) in [5.74, 6) is 0.631. The molecule has 33 heavy (non-hydrogen) atoms. The van der Waals surface area contributed by atoms with Gasteiger partial charge >= 0.3 is 0 Å². The highest BCUT2D eigenvalue weighted by Gasteiger charge is 2.32. The average Bonchev–Trinajstić information content (AvgIpc) is 3.37. The minimum atomic E-state index is -0.594. The molecule has 0 saturated carbocycles. The minimum absolute atomic E-state index is 0.0276. The number of carbonyl (C=O) groups excluding carboxylic acids is 2. The number of hydrogen-bond donors (Lipinski definition) is 1. The van der Waals surface area contributed by atoms with Crippen LogP contribution < -0.4 is 19.5 Å². The highest BCUT2D eigenvalue weighted by molar-refractivity contribution is 8.26. The zero-order chi connectivity index (χ0) is 23.5. The van der Waals surface area contributed by atoms with Crippen LogP contribution in [0, 0.1) is 10.1 Å². The lowest BCUT2D eigenvalue weighted by atomic mass is 10.1. The Morgan fingerprint density at radius 1 is 1.30 bits per heavy atom. The molecule has 0 radical (unpaired) electrons. The third-order valence-corrected chi connectivity index (χ3v) is 6.21. The molecule has 4 rings (SSSR count). The van der Waals surface area contributed by atoms with E-state index in [1.54, 1.807) is 18.2 Å². The number of thioether (sulfide) groups is 1. The molecule has 0 aliphatic carbocycles. The second-order valence-corrected chi connectivity index (χ2v) is 8.52. The van der Waals surface area contributed by atoms with Gasteiger partial charge in [-0.2, -0.15) is 0 Å². The number of thiocarbonyl (C=S) groups is 1. The molecule has 0 aromatic heterocycles. The minimum Gasteiger partial charge on any atom is -0.496 e. The molecule has 1 N–H and O–H groups in total. The van der Waals surface area contributed by atoms with Crippen LogP contribution in [0.15, 0.2) is 41.3 Å². The van der Waals surface area contributed by atoms with Crippen LogP contribution in [0.25, 0.3) is 6.08 Å². The largest absolute Gasteiger partial charge is 0.496 e. The number of nitro benzene ring substituents is 1. The van der Waals surface area contributed by atoms with Crippen molar-refractivity contribution in [3.8, 4) is 17.2 Å². The Hall–Kier alpha value is -3.64. The Morgan fingerprint density at radius 2 is 2.09 bits per heavy atom. The highest BCUT2D eigenvalue weighted by atomic mass is 32.2. The normalized spacial score (nSPS) is 15.8. The Balaban J connectivity index is 1.40. The lowest BCUT2D eigenvalue weighted by Crippen LogP contribution is -2.37. The van der Waals surface area contributed by atoms with E-state index < -0.39 is 10.8 Å². The summed E-state index contributed by atoms with van der Waals surface area (Å²) >= 11 is 6.49. The molecule has 0 spiro atoms. The van der Waals surface area contributed by atoms with E-state index in [1.165, 1.54) is 35.9 Å². The Labute approximate surface area is 197 Å². The van der Waals surface area contributed by atoms with Crippen molar-refractivity contribution in [2.45, 2.75) is 0 Å². The van der Waals surface area contributed by atoms with Gasteiger partial charge in [-0.25, -0.2) is 0 Å². The van der Waals surface area contributed by atoms with E-state index in [4.69, 9.17) is 26.4 Å². The number of fused-ring (bicyclic) bond motifs is 1. The predicted molar refractivity (Wildman–Crippen MR) is 124 cm³/mol. The third kappa shape index (κ3) is 4.76. The summed E-state index contributed by atoms with van der Waals surface area (Å²) in [6.07, 6.45) is 1.72. The number of non-ortho nitro benzene ring substituents is 1. The van der Waals surface area contributed by atoms with Crippen LogP contribution in [0.4, 0.5) is 5.69 Å². The molecule has 0 atom stereocenters. The predicted octanol–water partition coefficient (Wildman–Crippen LogP) is 2.96.